The molecule has 54 heavy (non-hydrogen) atoms. The van der Waals surface area contributed by atoms with Gasteiger partial charge in [-0.15, -0.1) is 0 Å². The van der Waals surface area contributed by atoms with Gasteiger partial charge >= 0.3 is 0 Å². The van der Waals surface area contributed by atoms with Crippen LogP contribution in [0.1, 0.15) is 145 Å². The maximum atomic E-state index is 11.9. The summed E-state index contributed by atoms with van der Waals surface area (Å²) >= 11 is 2.71. The lowest BCUT2D eigenvalue weighted by atomic mass is 10.00. The molecule has 0 spiro atoms. The van der Waals surface area contributed by atoms with Crippen LogP contribution in [0.15, 0.2) is 0 Å². The maximum Gasteiger partial charge on any atom is 0.194 e. The van der Waals surface area contributed by atoms with Crippen molar-refractivity contribution in [2.45, 2.75) is 193 Å². The van der Waals surface area contributed by atoms with E-state index in [0.29, 0.717) is 100 Å². The summed E-state index contributed by atoms with van der Waals surface area (Å²) in [6.45, 7) is 46.9. The molecule has 324 valence electrons. The minimum absolute atomic E-state index is 0.213. The molecule has 0 aliphatic carbocycles. The lowest BCUT2D eigenvalue weighted by molar-refractivity contribution is -0.117. The van der Waals surface area contributed by atoms with Crippen LogP contribution in [0.4, 0.5) is 0 Å². The first kappa shape index (κ1) is 56.7. The number of thioether (sulfide) groups is 2. The Bertz CT molecular complexity index is 899. The highest BCUT2D eigenvalue weighted by Gasteiger charge is 2.35. The molecule has 14 heteroatoms. The zero-order chi connectivity index (χ0) is 42.3. The quantitative estimate of drug-likeness (QED) is 0.0583. The standard InChI is InChI=1S/C21H45N2O3PS.C19H41N2O3PS/c1-16(2)22(17(3)4)27(23(18(5)6)19(7)8)26-13-12-25-14-15-28-20(24)21(9,10)11;1-10-19(22)26-14-13-23-11-12-24-25(20(15(2)3)16(4)5)21(17(6)7)18(8)9/h16-19H,12-15H2,1-11H3;15-18H,10-14H2,1-9H3. The summed E-state index contributed by atoms with van der Waals surface area (Å²) < 4.78 is 34.1. The molecule has 0 rings (SSSR count). The minimum atomic E-state index is -0.868. The highest BCUT2D eigenvalue weighted by molar-refractivity contribution is 8.13. The fourth-order valence-electron chi connectivity index (χ4n) is 5.76. The Morgan fingerprint density at radius 3 is 1.00 bits per heavy atom. The average molecular weight is 845 g/mol. The summed E-state index contributed by atoms with van der Waals surface area (Å²) in [5, 5.41) is 0.437. The highest BCUT2D eigenvalue weighted by atomic mass is 32.2. The van der Waals surface area contributed by atoms with Crippen LogP contribution < -0.4 is 0 Å². The molecule has 0 bridgehead atoms. The molecule has 0 atom stereocenters. The number of carbonyl (C=O) groups is 2. The van der Waals surface area contributed by atoms with Crippen molar-refractivity contribution in [1.29, 1.82) is 0 Å². The fourth-order valence-corrected chi connectivity index (χ4v) is 11.9. The zero-order valence-electron chi connectivity index (χ0n) is 38.4. The highest BCUT2D eigenvalue weighted by Crippen LogP contribution is 2.51. The third-order valence-corrected chi connectivity index (χ3v) is 16.1. The second kappa shape index (κ2) is 30.6. The van der Waals surface area contributed by atoms with E-state index in [9.17, 15) is 9.59 Å². The van der Waals surface area contributed by atoms with Gasteiger partial charge in [0.1, 0.15) is 0 Å². The predicted octanol–water partition coefficient (Wildman–Crippen LogP) is 10.9. The van der Waals surface area contributed by atoms with Crippen LogP contribution in [-0.2, 0) is 28.1 Å². The molecule has 0 unspecified atom stereocenters. The second-order valence-electron chi connectivity index (χ2n) is 16.6. The lowest BCUT2D eigenvalue weighted by Crippen LogP contribution is -2.43. The number of rotatable bonds is 27. The van der Waals surface area contributed by atoms with Gasteiger partial charge in [-0.3, -0.25) is 9.59 Å². The van der Waals surface area contributed by atoms with Gasteiger partial charge in [-0.05, 0) is 111 Å². The van der Waals surface area contributed by atoms with E-state index in [-0.39, 0.29) is 15.6 Å². The van der Waals surface area contributed by atoms with Crippen molar-refractivity contribution in [2.24, 2.45) is 5.41 Å². The summed E-state index contributed by atoms with van der Waals surface area (Å²) in [5.74, 6) is 1.41. The third kappa shape index (κ3) is 23.9. The molecule has 0 fully saturated rings. The summed E-state index contributed by atoms with van der Waals surface area (Å²) in [5.41, 5.74) is -0.294. The van der Waals surface area contributed by atoms with E-state index in [1.54, 1.807) is 0 Å². The van der Waals surface area contributed by atoms with Crippen molar-refractivity contribution in [3.05, 3.63) is 0 Å². The number of hydrogen-bond acceptors (Lipinski definition) is 12. The largest absolute Gasteiger partial charge is 0.378 e. The van der Waals surface area contributed by atoms with Gasteiger partial charge in [0.05, 0.1) is 39.6 Å². The second-order valence-corrected chi connectivity index (χ2v) is 22.2. The van der Waals surface area contributed by atoms with Crippen LogP contribution in [0.2, 0.25) is 0 Å². The lowest BCUT2D eigenvalue weighted by Gasteiger charge is -2.45. The van der Waals surface area contributed by atoms with Crippen molar-refractivity contribution < 1.29 is 28.1 Å². The molecule has 0 heterocycles. The first-order valence-corrected chi connectivity index (χ1v) is 24.7. The summed E-state index contributed by atoms with van der Waals surface area (Å²) in [6, 6.07) is 3.30. The van der Waals surface area contributed by atoms with E-state index >= 15 is 0 Å². The van der Waals surface area contributed by atoms with E-state index < -0.39 is 16.9 Å². The number of carbonyl (C=O) groups excluding carboxylic acids is 2. The normalized spacial score (nSPS) is 13.1. The maximum absolute atomic E-state index is 11.9. The van der Waals surface area contributed by atoms with Gasteiger partial charge in [0, 0.05) is 71.7 Å². The fraction of sp³-hybridized carbons (Fsp3) is 0.950. The number of hydrogen-bond donors (Lipinski definition) is 0. The monoisotopic (exact) mass is 845 g/mol. The molecule has 0 aromatic heterocycles. The summed E-state index contributed by atoms with van der Waals surface area (Å²) in [4.78, 5) is 23.2. The third-order valence-electron chi connectivity index (χ3n) is 7.74. The number of nitrogens with zero attached hydrogens (tertiary/aromatic N) is 4. The molecule has 0 radical (unpaired) electrons. The molecule has 0 saturated heterocycles. The van der Waals surface area contributed by atoms with Crippen molar-refractivity contribution in [3.63, 3.8) is 0 Å². The van der Waals surface area contributed by atoms with Gasteiger partial charge in [0.15, 0.2) is 27.1 Å². The summed E-state index contributed by atoms with van der Waals surface area (Å²) in [6.07, 6.45) is 0.582. The minimum Gasteiger partial charge on any atom is -0.378 e. The molecule has 0 aromatic rings. The van der Waals surface area contributed by atoms with Gasteiger partial charge in [-0.25, -0.2) is 18.7 Å². The van der Waals surface area contributed by atoms with Gasteiger partial charge in [0.25, 0.3) is 0 Å². The Labute approximate surface area is 345 Å². The Hall–Kier alpha value is 0.580. The van der Waals surface area contributed by atoms with Crippen LogP contribution in [0, 0.1) is 5.41 Å². The summed E-state index contributed by atoms with van der Waals surface area (Å²) in [7, 11) is -1.72. The molecule has 10 nitrogen and oxygen atoms in total. The average Bonchev–Trinajstić information content (AvgIpc) is 3.01. The van der Waals surface area contributed by atoms with E-state index in [1.807, 2.05) is 27.7 Å². The van der Waals surface area contributed by atoms with Crippen LogP contribution in [0.5, 0.6) is 0 Å². The van der Waals surface area contributed by atoms with Crippen molar-refractivity contribution in [3.8, 4) is 0 Å². The molecule has 0 N–H and O–H groups in total. The molecular weight excluding hydrogens is 759 g/mol. The van der Waals surface area contributed by atoms with Crippen LogP contribution >= 0.6 is 40.4 Å². The van der Waals surface area contributed by atoms with Crippen LogP contribution in [-0.4, -0.2) is 128 Å². The Morgan fingerprint density at radius 2 is 0.759 bits per heavy atom. The molecular formula is C40H86N4O6P2S2. The zero-order valence-corrected chi connectivity index (χ0v) is 41.9. The van der Waals surface area contributed by atoms with Crippen molar-refractivity contribution in [2.75, 3.05) is 51.1 Å². The van der Waals surface area contributed by atoms with E-state index in [0.717, 1.165) is 5.75 Å². The van der Waals surface area contributed by atoms with Crippen molar-refractivity contribution in [1.82, 2.24) is 18.7 Å². The van der Waals surface area contributed by atoms with Gasteiger partial charge in [-0.1, -0.05) is 51.2 Å². The first-order chi connectivity index (χ1) is 24.9. The molecule has 0 aliphatic rings. The SMILES string of the molecule is CC(C)N(C(C)C)P(OCCOCCSC(=O)C(C)(C)C)N(C(C)C)C(C)C.CCC(=O)SCCOCCOP(N(C(C)C)C(C)C)N(C(C)C)C(C)C. The van der Waals surface area contributed by atoms with E-state index in [1.165, 1.54) is 23.5 Å². The Balaban J connectivity index is 0. The molecule has 0 aromatic carbocycles. The topological polar surface area (TPSA) is 84.0 Å². The van der Waals surface area contributed by atoms with E-state index in [4.69, 9.17) is 18.5 Å². The van der Waals surface area contributed by atoms with Gasteiger partial charge in [0.2, 0.25) is 0 Å². The van der Waals surface area contributed by atoms with Crippen LogP contribution in [0.25, 0.3) is 0 Å². The smallest absolute Gasteiger partial charge is 0.194 e. The van der Waals surface area contributed by atoms with Gasteiger partial charge in [-0.2, -0.15) is 0 Å². The molecule has 0 saturated carbocycles. The predicted molar refractivity (Wildman–Crippen MR) is 241 cm³/mol. The van der Waals surface area contributed by atoms with Crippen molar-refractivity contribution >= 4 is 50.7 Å². The first-order valence-electron chi connectivity index (χ1n) is 20.4. The molecule has 0 aliphatic heterocycles. The van der Waals surface area contributed by atoms with Crippen LogP contribution in [0.3, 0.4) is 0 Å². The van der Waals surface area contributed by atoms with E-state index in [2.05, 4.69) is 129 Å². The number of ether oxygens (including phenoxy) is 2. The Morgan fingerprint density at radius 1 is 0.481 bits per heavy atom. The van der Waals surface area contributed by atoms with Gasteiger partial charge < -0.3 is 18.5 Å². The Kier molecular flexibility index (Phi) is 32.1. The molecule has 0 amide bonds.